The molecule has 3 rings (SSSR count). The molecule has 3 aromatic rings. The molecule has 0 heterocycles. The average molecular weight is 354 g/mol. The van der Waals surface area contributed by atoms with Gasteiger partial charge in [0.1, 0.15) is 0 Å². The molecule has 0 saturated carbocycles. The Kier molecular flexibility index (Phi) is 4.72. The van der Waals surface area contributed by atoms with Gasteiger partial charge in [0.05, 0.1) is 11.3 Å². The summed E-state index contributed by atoms with van der Waals surface area (Å²) in [7, 11) is -2.10. The quantitative estimate of drug-likeness (QED) is 0.740. The van der Waals surface area contributed by atoms with Gasteiger partial charge in [-0.15, -0.1) is 0 Å². The summed E-state index contributed by atoms with van der Waals surface area (Å²) < 4.78 is 27.7. The second-order valence-electron chi connectivity index (χ2n) is 5.66. The minimum atomic E-state index is -3.67. The molecular formula is C19H18N2O3S. The van der Waals surface area contributed by atoms with Gasteiger partial charge < -0.3 is 5.32 Å². The Balaban J connectivity index is 1.81. The van der Waals surface area contributed by atoms with Crippen molar-refractivity contribution in [3.8, 4) is 0 Å². The van der Waals surface area contributed by atoms with Crippen molar-refractivity contribution in [1.82, 2.24) is 5.32 Å². The number of rotatable bonds is 5. The van der Waals surface area contributed by atoms with Crippen LogP contribution in [-0.2, 0) is 21.2 Å². The summed E-state index contributed by atoms with van der Waals surface area (Å²) in [5, 5.41) is 4.40. The first kappa shape index (κ1) is 17.0. The van der Waals surface area contributed by atoms with Gasteiger partial charge in [-0.25, -0.2) is 8.42 Å². The Hall–Kier alpha value is -2.86. The molecule has 0 saturated heterocycles. The lowest BCUT2D eigenvalue weighted by atomic mass is 10.1. The van der Waals surface area contributed by atoms with E-state index < -0.39 is 10.0 Å². The van der Waals surface area contributed by atoms with E-state index in [9.17, 15) is 13.2 Å². The number of anilines is 1. The molecule has 5 nitrogen and oxygen atoms in total. The molecule has 0 bridgehead atoms. The summed E-state index contributed by atoms with van der Waals surface area (Å²) in [6.45, 7) is 0. The summed E-state index contributed by atoms with van der Waals surface area (Å²) >= 11 is 0. The topological polar surface area (TPSA) is 75.3 Å². The number of hydrogen-bond acceptors (Lipinski definition) is 3. The maximum absolute atomic E-state index is 12.6. The molecule has 2 N–H and O–H groups in total. The van der Waals surface area contributed by atoms with Gasteiger partial charge in [-0.2, -0.15) is 0 Å². The molecule has 0 radical (unpaired) electrons. The van der Waals surface area contributed by atoms with Crippen LogP contribution in [0.25, 0.3) is 10.8 Å². The summed E-state index contributed by atoms with van der Waals surface area (Å²) in [4.78, 5) is 11.6. The van der Waals surface area contributed by atoms with Gasteiger partial charge in [-0.1, -0.05) is 42.5 Å². The fourth-order valence-corrected chi connectivity index (χ4v) is 3.61. The molecule has 0 spiro atoms. The van der Waals surface area contributed by atoms with Crippen molar-refractivity contribution < 1.29 is 13.2 Å². The lowest BCUT2D eigenvalue weighted by Crippen LogP contribution is -2.19. The van der Waals surface area contributed by atoms with Crippen molar-refractivity contribution in [3.05, 3.63) is 72.3 Å². The number of sulfonamides is 1. The Morgan fingerprint density at radius 1 is 0.920 bits per heavy atom. The van der Waals surface area contributed by atoms with E-state index in [-0.39, 0.29) is 17.2 Å². The van der Waals surface area contributed by atoms with Crippen molar-refractivity contribution in [2.45, 2.75) is 11.3 Å². The van der Waals surface area contributed by atoms with E-state index in [1.54, 1.807) is 49.5 Å². The van der Waals surface area contributed by atoms with Crippen molar-refractivity contribution >= 4 is 32.4 Å². The number of likely N-dealkylation sites (N-methyl/N-ethyl adjacent to an activating group) is 1. The number of amides is 1. The molecule has 0 aromatic heterocycles. The van der Waals surface area contributed by atoms with E-state index in [4.69, 9.17) is 0 Å². The molecular weight excluding hydrogens is 336 g/mol. The van der Waals surface area contributed by atoms with Crippen LogP contribution in [0.5, 0.6) is 0 Å². The molecule has 6 heteroatoms. The van der Waals surface area contributed by atoms with Crippen LogP contribution in [0.15, 0.2) is 71.6 Å². The summed E-state index contributed by atoms with van der Waals surface area (Å²) in [6.07, 6.45) is 0.258. The van der Waals surface area contributed by atoms with Crippen LogP contribution in [-0.4, -0.2) is 21.4 Å². The van der Waals surface area contributed by atoms with Gasteiger partial charge in [-0.3, -0.25) is 9.52 Å². The van der Waals surface area contributed by atoms with Gasteiger partial charge in [0.2, 0.25) is 5.91 Å². The van der Waals surface area contributed by atoms with Crippen molar-refractivity contribution in [2.24, 2.45) is 0 Å². The Morgan fingerprint density at radius 2 is 1.60 bits per heavy atom. The fraction of sp³-hybridized carbons (Fsp3) is 0.105. The molecule has 25 heavy (non-hydrogen) atoms. The van der Waals surface area contributed by atoms with Gasteiger partial charge in [0.15, 0.2) is 0 Å². The number of hydrogen-bond donors (Lipinski definition) is 2. The predicted molar refractivity (Wildman–Crippen MR) is 99.0 cm³/mol. The standard InChI is InChI=1S/C19H18N2O3S/c1-20-19(22)12-14-6-9-17(10-7-14)21-25(23,24)18-11-8-15-4-2-3-5-16(15)13-18/h2-11,13,21H,12H2,1H3,(H,20,22). The SMILES string of the molecule is CNC(=O)Cc1ccc(NS(=O)(=O)c2ccc3ccccc3c2)cc1. The molecule has 0 atom stereocenters. The Morgan fingerprint density at radius 3 is 2.28 bits per heavy atom. The number of benzene rings is 3. The van der Waals surface area contributed by atoms with Crippen LogP contribution in [0.2, 0.25) is 0 Å². The summed E-state index contributed by atoms with van der Waals surface area (Å²) in [5.74, 6) is -0.0931. The van der Waals surface area contributed by atoms with Crippen LogP contribution < -0.4 is 10.0 Å². The zero-order valence-corrected chi connectivity index (χ0v) is 14.5. The average Bonchev–Trinajstić information content (AvgIpc) is 2.62. The smallest absolute Gasteiger partial charge is 0.261 e. The third kappa shape index (κ3) is 3.97. The first-order valence-electron chi connectivity index (χ1n) is 7.79. The molecule has 3 aromatic carbocycles. The van der Waals surface area contributed by atoms with Gasteiger partial charge >= 0.3 is 0 Å². The molecule has 1 amide bonds. The molecule has 0 unspecified atom stereocenters. The first-order valence-corrected chi connectivity index (χ1v) is 9.27. The molecule has 0 aliphatic rings. The summed E-state index contributed by atoms with van der Waals surface area (Å²) in [6, 6.07) is 19.4. The van der Waals surface area contributed by atoms with Crippen LogP contribution in [0.4, 0.5) is 5.69 Å². The van der Waals surface area contributed by atoms with Crippen molar-refractivity contribution in [2.75, 3.05) is 11.8 Å². The molecule has 0 aliphatic carbocycles. The van der Waals surface area contributed by atoms with Crippen LogP contribution in [0, 0.1) is 0 Å². The Bertz CT molecular complexity index is 1010. The van der Waals surface area contributed by atoms with E-state index in [1.165, 1.54) is 0 Å². The second-order valence-corrected chi connectivity index (χ2v) is 7.34. The fourth-order valence-electron chi connectivity index (χ4n) is 2.51. The van der Waals surface area contributed by atoms with Crippen molar-refractivity contribution in [3.63, 3.8) is 0 Å². The number of nitrogens with one attached hydrogen (secondary N) is 2. The first-order chi connectivity index (χ1) is 12.0. The predicted octanol–water partition coefficient (Wildman–Crippen LogP) is 2.93. The maximum Gasteiger partial charge on any atom is 0.261 e. The highest BCUT2D eigenvalue weighted by Gasteiger charge is 2.14. The van der Waals surface area contributed by atoms with Gasteiger partial charge in [0, 0.05) is 12.7 Å². The minimum Gasteiger partial charge on any atom is -0.359 e. The highest BCUT2D eigenvalue weighted by atomic mass is 32.2. The van der Waals surface area contributed by atoms with Gasteiger partial charge in [-0.05, 0) is 40.6 Å². The van der Waals surface area contributed by atoms with Crippen LogP contribution in [0.3, 0.4) is 0 Å². The van der Waals surface area contributed by atoms with E-state index >= 15 is 0 Å². The second kappa shape index (κ2) is 6.94. The highest BCUT2D eigenvalue weighted by Crippen LogP contribution is 2.21. The number of carbonyl (C=O) groups is 1. The Labute approximate surface area is 146 Å². The normalized spacial score (nSPS) is 11.2. The van der Waals surface area contributed by atoms with E-state index in [0.29, 0.717) is 5.69 Å². The molecule has 0 fully saturated rings. The minimum absolute atomic E-state index is 0.0931. The highest BCUT2D eigenvalue weighted by molar-refractivity contribution is 7.92. The van der Waals surface area contributed by atoms with Gasteiger partial charge in [0.25, 0.3) is 10.0 Å². The maximum atomic E-state index is 12.6. The lowest BCUT2D eigenvalue weighted by molar-refractivity contribution is -0.119. The van der Waals surface area contributed by atoms with E-state index in [0.717, 1.165) is 16.3 Å². The third-order valence-corrected chi connectivity index (χ3v) is 5.26. The van der Waals surface area contributed by atoms with Crippen LogP contribution >= 0.6 is 0 Å². The largest absolute Gasteiger partial charge is 0.359 e. The third-order valence-electron chi connectivity index (χ3n) is 3.88. The zero-order valence-electron chi connectivity index (χ0n) is 13.7. The lowest BCUT2D eigenvalue weighted by Gasteiger charge is -2.10. The zero-order chi connectivity index (χ0) is 17.9. The van der Waals surface area contributed by atoms with E-state index in [1.807, 2.05) is 24.3 Å². The molecule has 0 aliphatic heterocycles. The number of fused-ring (bicyclic) bond motifs is 1. The number of carbonyl (C=O) groups excluding carboxylic acids is 1. The monoisotopic (exact) mass is 354 g/mol. The summed E-state index contributed by atoms with van der Waals surface area (Å²) in [5.41, 5.74) is 1.27. The molecule has 128 valence electrons. The van der Waals surface area contributed by atoms with E-state index in [2.05, 4.69) is 10.0 Å². The van der Waals surface area contributed by atoms with Crippen LogP contribution in [0.1, 0.15) is 5.56 Å². The van der Waals surface area contributed by atoms with Crippen molar-refractivity contribution in [1.29, 1.82) is 0 Å².